The zero-order valence-electron chi connectivity index (χ0n) is 10.9. The molecule has 1 aromatic rings. The van der Waals surface area contributed by atoms with Gasteiger partial charge < -0.3 is 5.32 Å². The Labute approximate surface area is 98.4 Å². The van der Waals surface area contributed by atoms with Crippen LogP contribution in [0.25, 0.3) is 0 Å². The first kappa shape index (κ1) is 13.2. The smallest absolute Gasteiger partial charge is 0.0842 e. The average molecular weight is 224 g/mol. The molecule has 4 nitrogen and oxygen atoms in total. The Morgan fingerprint density at radius 1 is 1.44 bits per heavy atom. The zero-order chi connectivity index (χ0) is 12.0. The summed E-state index contributed by atoms with van der Waals surface area (Å²) in [7, 11) is 1.91. The van der Waals surface area contributed by atoms with E-state index in [4.69, 9.17) is 0 Å². The van der Waals surface area contributed by atoms with E-state index in [1.165, 1.54) is 12.8 Å². The Morgan fingerprint density at radius 3 is 2.69 bits per heavy atom. The molecule has 0 aromatic carbocycles. The standard InChI is InChI=1S/C12H24N4/c1-5-7-10(3)12(13-6-2)8-11-9-16(4)15-14-11/h9-10,12-13H,5-8H2,1-4H3. The van der Waals surface area contributed by atoms with E-state index < -0.39 is 0 Å². The van der Waals surface area contributed by atoms with E-state index in [9.17, 15) is 0 Å². The second-order valence-corrected chi connectivity index (χ2v) is 4.52. The molecule has 0 fully saturated rings. The molecular weight excluding hydrogens is 200 g/mol. The highest BCUT2D eigenvalue weighted by Gasteiger charge is 2.17. The van der Waals surface area contributed by atoms with Crippen LogP contribution < -0.4 is 5.32 Å². The van der Waals surface area contributed by atoms with Gasteiger partial charge in [0.1, 0.15) is 0 Å². The van der Waals surface area contributed by atoms with Crippen molar-refractivity contribution in [1.29, 1.82) is 0 Å². The molecule has 2 atom stereocenters. The third-order valence-electron chi connectivity index (χ3n) is 2.98. The summed E-state index contributed by atoms with van der Waals surface area (Å²) in [6.45, 7) is 7.72. The molecule has 0 amide bonds. The lowest BCUT2D eigenvalue weighted by molar-refractivity contribution is 0.355. The Bertz CT molecular complexity index is 295. The maximum absolute atomic E-state index is 4.15. The zero-order valence-corrected chi connectivity index (χ0v) is 10.9. The van der Waals surface area contributed by atoms with Crippen molar-refractivity contribution in [3.63, 3.8) is 0 Å². The Hall–Kier alpha value is -0.900. The van der Waals surface area contributed by atoms with E-state index in [-0.39, 0.29) is 0 Å². The van der Waals surface area contributed by atoms with Crippen molar-refractivity contribution in [2.24, 2.45) is 13.0 Å². The number of hydrogen-bond donors (Lipinski definition) is 1. The predicted octanol–water partition coefficient (Wildman–Crippen LogP) is 1.77. The number of nitrogens with zero attached hydrogens (tertiary/aromatic N) is 3. The minimum atomic E-state index is 0.515. The molecule has 0 radical (unpaired) electrons. The van der Waals surface area contributed by atoms with Crippen LogP contribution in [0, 0.1) is 5.92 Å². The SMILES string of the molecule is CCCC(C)C(Cc1cn(C)nn1)NCC. The molecule has 0 aliphatic heterocycles. The van der Waals surface area contributed by atoms with Crippen molar-refractivity contribution in [3.05, 3.63) is 11.9 Å². The van der Waals surface area contributed by atoms with E-state index in [2.05, 4.69) is 36.4 Å². The summed E-state index contributed by atoms with van der Waals surface area (Å²) in [5.74, 6) is 0.687. The van der Waals surface area contributed by atoms with Crippen LogP contribution in [-0.2, 0) is 13.5 Å². The minimum Gasteiger partial charge on any atom is -0.314 e. The van der Waals surface area contributed by atoms with Crippen LogP contribution >= 0.6 is 0 Å². The molecule has 1 heterocycles. The molecule has 1 aromatic heterocycles. The van der Waals surface area contributed by atoms with Crippen LogP contribution in [0.4, 0.5) is 0 Å². The summed E-state index contributed by atoms with van der Waals surface area (Å²) in [5, 5.41) is 11.7. The lowest BCUT2D eigenvalue weighted by Crippen LogP contribution is -2.36. The van der Waals surface area contributed by atoms with Crippen LogP contribution in [0.15, 0.2) is 6.20 Å². The molecular formula is C12H24N4. The number of aromatic nitrogens is 3. The maximum Gasteiger partial charge on any atom is 0.0842 e. The van der Waals surface area contributed by atoms with Crippen molar-refractivity contribution < 1.29 is 0 Å². The quantitative estimate of drug-likeness (QED) is 0.767. The second-order valence-electron chi connectivity index (χ2n) is 4.52. The Balaban J connectivity index is 2.56. The number of nitrogens with one attached hydrogen (secondary N) is 1. The molecule has 0 bridgehead atoms. The van der Waals surface area contributed by atoms with Crippen LogP contribution in [-0.4, -0.2) is 27.6 Å². The van der Waals surface area contributed by atoms with Gasteiger partial charge in [-0.1, -0.05) is 32.4 Å². The average Bonchev–Trinajstić information content (AvgIpc) is 2.64. The van der Waals surface area contributed by atoms with E-state index in [0.717, 1.165) is 18.7 Å². The molecule has 92 valence electrons. The third kappa shape index (κ3) is 3.93. The fourth-order valence-electron chi connectivity index (χ4n) is 2.11. The first-order valence-corrected chi connectivity index (χ1v) is 6.25. The van der Waals surface area contributed by atoms with Crippen LogP contribution in [0.2, 0.25) is 0 Å². The monoisotopic (exact) mass is 224 g/mol. The molecule has 1 rings (SSSR count). The van der Waals surface area contributed by atoms with Crippen LogP contribution in [0.1, 0.15) is 39.3 Å². The van der Waals surface area contributed by atoms with Gasteiger partial charge in [0.05, 0.1) is 5.69 Å². The van der Waals surface area contributed by atoms with Crippen molar-refractivity contribution >= 4 is 0 Å². The van der Waals surface area contributed by atoms with E-state index in [1.54, 1.807) is 4.68 Å². The highest BCUT2D eigenvalue weighted by Crippen LogP contribution is 2.14. The molecule has 0 saturated heterocycles. The molecule has 2 unspecified atom stereocenters. The van der Waals surface area contributed by atoms with Crippen molar-refractivity contribution in [2.45, 2.75) is 46.1 Å². The van der Waals surface area contributed by atoms with Gasteiger partial charge in [-0.2, -0.15) is 0 Å². The highest BCUT2D eigenvalue weighted by molar-refractivity contribution is 4.96. The lowest BCUT2D eigenvalue weighted by atomic mass is 9.93. The van der Waals surface area contributed by atoms with Crippen molar-refractivity contribution in [3.8, 4) is 0 Å². The third-order valence-corrected chi connectivity index (χ3v) is 2.98. The number of hydrogen-bond acceptors (Lipinski definition) is 3. The van der Waals surface area contributed by atoms with E-state index >= 15 is 0 Å². The molecule has 16 heavy (non-hydrogen) atoms. The van der Waals surface area contributed by atoms with E-state index in [1.807, 2.05) is 13.2 Å². The van der Waals surface area contributed by atoms with Crippen LogP contribution in [0.5, 0.6) is 0 Å². The molecule has 0 saturated carbocycles. The van der Waals surface area contributed by atoms with Gasteiger partial charge >= 0.3 is 0 Å². The van der Waals surface area contributed by atoms with E-state index in [0.29, 0.717) is 12.0 Å². The van der Waals surface area contributed by atoms with Gasteiger partial charge in [-0.3, -0.25) is 4.68 Å². The van der Waals surface area contributed by atoms with Gasteiger partial charge in [0.15, 0.2) is 0 Å². The number of likely N-dealkylation sites (N-methyl/N-ethyl adjacent to an activating group) is 1. The van der Waals surface area contributed by atoms with Gasteiger partial charge in [0.25, 0.3) is 0 Å². The predicted molar refractivity (Wildman–Crippen MR) is 66.2 cm³/mol. The molecule has 1 N–H and O–H groups in total. The Morgan fingerprint density at radius 2 is 2.19 bits per heavy atom. The highest BCUT2D eigenvalue weighted by atomic mass is 15.4. The number of aryl methyl sites for hydroxylation is 1. The second kappa shape index (κ2) is 6.63. The van der Waals surface area contributed by atoms with Gasteiger partial charge in [-0.25, -0.2) is 0 Å². The minimum absolute atomic E-state index is 0.515. The summed E-state index contributed by atoms with van der Waals surface area (Å²) in [6, 6.07) is 0.515. The fraction of sp³-hybridized carbons (Fsp3) is 0.833. The van der Waals surface area contributed by atoms with Gasteiger partial charge in [-0.15, -0.1) is 5.10 Å². The van der Waals surface area contributed by atoms with Crippen molar-refractivity contribution in [2.75, 3.05) is 6.54 Å². The van der Waals surface area contributed by atoms with Gasteiger partial charge in [-0.05, 0) is 18.9 Å². The molecule has 0 aliphatic carbocycles. The van der Waals surface area contributed by atoms with Crippen LogP contribution in [0.3, 0.4) is 0 Å². The summed E-state index contributed by atoms with van der Waals surface area (Å²) in [4.78, 5) is 0. The summed E-state index contributed by atoms with van der Waals surface area (Å²) >= 11 is 0. The fourth-order valence-corrected chi connectivity index (χ4v) is 2.11. The lowest BCUT2D eigenvalue weighted by Gasteiger charge is -2.23. The summed E-state index contributed by atoms with van der Waals surface area (Å²) in [5.41, 5.74) is 1.08. The van der Waals surface area contributed by atoms with Gasteiger partial charge in [0.2, 0.25) is 0 Å². The molecule has 0 aliphatic rings. The maximum atomic E-state index is 4.15. The molecule has 0 spiro atoms. The first-order chi connectivity index (χ1) is 7.67. The number of rotatable bonds is 7. The normalized spacial score (nSPS) is 15.0. The summed E-state index contributed by atoms with van der Waals surface area (Å²) in [6.07, 6.45) is 5.48. The topological polar surface area (TPSA) is 42.7 Å². The van der Waals surface area contributed by atoms with Crippen molar-refractivity contribution in [1.82, 2.24) is 20.3 Å². The summed E-state index contributed by atoms with van der Waals surface area (Å²) < 4.78 is 1.77. The first-order valence-electron chi connectivity index (χ1n) is 6.25. The largest absolute Gasteiger partial charge is 0.314 e. The molecule has 4 heteroatoms. The Kier molecular flexibility index (Phi) is 5.46. The van der Waals surface area contributed by atoms with Gasteiger partial charge in [0, 0.05) is 25.7 Å².